The highest BCUT2D eigenvalue weighted by molar-refractivity contribution is 6.30. The van der Waals surface area contributed by atoms with E-state index in [1.165, 1.54) is 5.56 Å². The lowest BCUT2D eigenvalue weighted by Gasteiger charge is -2.24. The van der Waals surface area contributed by atoms with E-state index in [1.54, 1.807) is 0 Å². The second-order valence-electron chi connectivity index (χ2n) is 5.85. The van der Waals surface area contributed by atoms with Gasteiger partial charge in [0.1, 0.15) is 0 Å². The van der Waals surface area contributed by atoms with E-state index in [2.05, 4.69) is 26.0 Å². The molecule has 2 rings (SSSR count). The lowest BCUT2D eigenvalue weighted by Crippen LogP contribution is -2.24. The third-order valence-electron chi connectivity index (χ3n) is 3.66. The summed E-state index contributed by atoms with van der Waals surface area (Å²) < 4.78 is 0. The maximum absolute atomic E-state index is 10.7. The molecule has 0 spiro atoms. The van der Waals surface area contributed by atoms with Crippen molar-refractivity contribution < 1.29 is 5.11 Å². The Morgan fingerprint density at radius 3 is 2.05 bits per heavy atom. The first-order valence-electron chi connectivity index (χ1n) is 6.96. The second kappa shape index (κ2) is 5.99. The Kier molecular flexibility index (Phi) is 4.52. The van der Waals surface area contributed by atoms with Crippen molar-refractivity contribution in [3.05, 3.63) is 70.2 Å². The zero-order valence-electron chi connectivity index (χ0n) is 12.2. The van der Waals surface area contributed by atoms with Crippen LogP contribution in [0.15, 0.2) is 48.5 Å². The molecule has 0 fully saturated rings. The fourth-order valence-electron chi connectivity index (χ4n) is 2.33. The molecule has 0 amide bonds. The van der Waals surface area contributed by atoms with Gasteiger partial charge in [-0.15, -0.1) is 0 Å². The van der Waals surface area contributed by atoms with Gasteiger partial charge in [-0.2, -0.15) is 0 Å². The van der Waals surface area contributed by atoms with E-state index in [4.69, 9.17) is 11.6 Å². The third-order valence-corrected chi connectivity index (χ3v) is 3.91. The zero-order valence-corrected chi connectivity index (χ0v) is 13.0. The van der Waals surface area contributed by atoms with E-state index >= 15 is 0 Å². The predicted octanol–water partition coefficient (Wildman–Crippen LogP) is 4.91. The average Bonchev–Trinajstić information content (AvgIpc) is 2.41. The van der Waals surface area contributed by atoms with Crippen molar-refractivity contribution in [1.82, 2.24) is 0 Å². The van der Waals surface area contributed by atoms with Crippen molar-refractivity contribution in [3.63, 3.8) is 0 Å². The fourth-order valence-corrected chi connectivity index (χ4v) is 2.45. The highest BCUT2D eigenvalue weighted by Crippen LogP contribution is 2.27. The van der Waals surface area contributed by atoms with E-state index < -0.39 is 5.60 Å². The lowest BCUT2D eigenvalue weighted by molar-refractivity contribution is 0.0576. The summed E-state index contributed by atoms with van der Waals surface area (Å²) in [5, 5.41) is 11.4. The summed E-state index contributed by atoms with van der Waals surface area (Å²) in [5.41, 5.74) is 2.43. The minimum atomic E-state index is -0.872. The highest BCUT2D eigenvalue weighted by Gasteiger charge is 2.23. The molecule has 1 unspecified atom stereocenters. The SMILES string of the molecule is CC(C)c1ccc(C(C)(O)Cc2ccc(Cl)cc2)cc1. The number of hydrogen-bond acceptors (Lipinski definition) is 1. The Balaban J connectivity index is 2.18. The summed E-state index contributed by atoms with van der Waals surface area (Å²) in [4.78, 5) is 0. The van der Waals surface area contributed by atoms with E-state index in [0.717, 1.165) is 16.1 Å². The van der Waals surface area contributed by atoms with Gasteiger partial charge in [-0.1, -0.05) is 61.8 Å². The van der Waals surface area contributed by atoms with Crippen LogP contribution < -0.4 is 0 Å². The van der Waals surface area contributed by atoms with E-state index in [0.29, 0.717) is 12.3 Å². The van der Waals surface area contributed by atoms with Crippen molar-refractivity contribution in [2.24, 2.45) is 0 Å². The van der Waals surface area contributed by atoms with Gasteiger partial charge in [0.2, 0.25) is 0 Å². The van der Waals surface area contributed by atoms with Gasteiger partial charge in [-0.05, 0) is 41.7 Å². The summed E-state index contributed by atoms with van der Waals surface area (Å²) in [6, 6.07) is 15.9. The van der Waals surface area contributed by atoms with Gasteiger partial charge in [0.25, 0.3) is 0 Å². The van der Waals surface area contributed by atoms with Crippen molar-refractivity contribution >= 4 is 11.6 Å². The first-order valence-corrected chi connectivity index (χ1v) is 7.33. The molecule has 2 aromatic carbocycles. The number of rotatable bonds is 4. The molecule has 106 valence electrons. The number of benzene rings is 2. The maximum atomic E-state index is 10.7. The monoisotopic (exact) mass is 288 g/mol. The van der Waals surface area contributed by atoms with E-state index in [-0.39, 0.29) is 0 Å². The van der Waals surface area contributed by atoms with Gasteiger partial charge in [-0.25, -0.2) is 0 Å². The molecule has 0 bridgehead atoms. The average molecular weight is 289 g/mol. The molecule has 0 aliphatic rings. The number of halogens is 1. The van der Waals surface area contributed by atoms with Crippen LogP contribution in [-0.2, 0) is 12.0 Å². The Morgan fingerprint density at radius 1 is 1.00 bits per heavy atom. The largest absolute Gasteiger partial charge is 0.385 e. The third kappa shape index (κ3) is 3.62. The first kappa shape index (κ1) is 15.1. The van der Waals surface area contributed by atoms with Crippen LogP contribution in [0.3, 0.4) is 0 Å². The molecule has 0 aliphatic carbocycles. The molecular weight excluding hydrogens is 268 g/mol. The topological polar surface area (TPSA) is 20.2 Å². The normalized spacial score (nSPS) is 14.3. The summed E-state index contributed by atoms with van der Waals surface area (Å²) in [6.45, 7) is 6.19. The fraction of sp³-hybridized carbons (Fsp3) is 0.333. The molecule has 1 N–H and O–H groups in total. The summed E-state index contributed by atoms with van der Waals surface area (Å²) in [5.74, 6) is 0.505. The van der Waals surface area contributed by atoms with Gasteiger partial charge in [0.15, 0.2) is 0 Å². The van der Waals surface area contributed by atoms with Gasteiger partial charge in [-0.3, -0.25) is 0 Å². The molecule has 0 aromatic heterocycles. The van der Waals surface area contributed by atoms with Crippen LogP contribution in [0.25, 0.3) is 0 Å². The first-order chi connectivity index (χ1) is 9.38. The van der Waals surface area contributed by atoms with Crippen LogP contribution in [0.4, 0.5) is 0 Å². The summed E-state index contributed by atoms with van der Waals surface area (Å²) in [6.07, 6.45) is 0.575. The van der Waals surface area contributed by atoms with Crippen LogP contribution >= 0.6 is 11.6 Å². The van der Waals surface area contributed by atoms with E-state index in [9.17, 15) is 5.11 Å². The Bertz CT molecular complexity index is 553. The molecule has 0 aliphatic heterocycles. The van der Waals surface area contributed by atoms with Gasteiger partial charge < -0.3 is 5.11 Å². The molecule has 0 radical (unpaired) electrons. The summed E-state index contributed by atoms with van der Waals surface area (Å²) >= 11 is 5.88. The standard InChI is InChI=1S/C18H21ClO/c1-13(2)15-6-8-16(9-7-15)18(3,20)12-14-4-10-17(19)11-5-14/h4-11,13,20H,12H2,1-3H3. The molecule has 20 heavy (non-hydrogen) atoms. The highest BCUT2D eigenvalue weighted by atomic mass is 35.5. The van der Waals surface area contributed by atoms with Crippen LogP contribution in [0.5, 0.6) is 0 Å². The van der Waals surface area contributed by atoms with Crippen molar-refractivity contribution in [3.8, 4) is 0 Å². The van der Waals surface area contributed by atoms with Crippen molar-refractivity contribution in [1.29, 1.82) is 0 Å². The minimum Gasteiger partial charge on any atom is -0.385 e. The quantitative estimate of drug-likeness (QED) is 0.847. The van der Waals surface area contributed by atoms with Crippen LogP contribution in [0, 0.1) is 0 Å². The molecule has 0 heterocycles. The predicted molar refractivity (Wildman–Crippen MR) is 85.3 cm³/mol. The second-order valence-corrected chi connectivity index (χ2v) is 6.29. The Labute approximate surface area is 126 Å². The molecule has 2 aromatic rings. The number of aliphatic hydroxyl groups is 1. The number of hydrogen-bond donors (Lipinski definition) is 1. The molecule has 2 heteroatoms. The minimum absolute atomic E-state index is 0.505. The Morgan fingerprint density at radius 2 is 1.55 bits per heavy atom. The van der Waals surface area contributed by atoms with Crippen LogP contribution in [0.1, 0.15) is 43.4 Å². The van der Waals surface area contributed by atoms with E-state index in [1.807, 2.05) is 43.3 Å². The lowest BCUT2D eigenvalue weighted by atomic mass is 9.88. The van der Waals surface area contributed by atoms with Gasteiger partial charge >= 0.3 is 0 Å². The smallest absolute Gasteiger partial charge is 0.0908 e. The molecule has 0 saturated heterocycles. The zero-order chi connectivity index (χ0) is 14.8. The van der Waals surface area contributed by atoms with Crippen molar-refractivity contribution in [2.75, 3.05) is 0 Å². The molecular formula is C18H21ClO. The van der Waals surface area contributed by atoms with Gasteiger partial charge in [0.05, 0.1) is 5.60 Å². The van der Waals surface area contributed by atoms with Crippen LogP contribution in [0.2, 0.25) is 5.02 Å². The van der Waals surface area contributed by atoms with Gasteiger partial charge in [0, 0.05) is 11.4 Å². The van der Waals surface area contributed by atoms with Crippen LogP contribution in [-0.4, -0.2) is 5.11 Å². The molecule has 1 nitrogen and oxygen atoms in total. The Hall–Kier alpha value is -1.31. The molecule has 1 atom stereocenters. The van der Waals surface area contributed by atoms with Crippen molar-refractivity contribution in [2.45, 2.75) is 38.7 Å². The maximum Gasteiger partial charge on any atom is 0.0908 e. The molecule has 0 saturated carbocycles. The summed E-state index contributed by atoms with van der Waals surface area (Å²) in [7, 11) is 0.